The molecule has 0 aliphatic carbocycles. The molecule has 1 fully saturated rings. The van der Waals surface area contributed by atoms with E-state index in [-0.39, 0.29) is 12.1 Å². The lowest BCUT2D eigenvalue weighted by atomic mass is 10.0. The second-order valence-electron chi connectivity index (χ2n) is 7.41. The lowest BCUT2D eigenvalue weighted by Gasteiger charge is -2.37. The van der Waals surface area contributed by atoms with E-state index in [0.717, 1.165) is 42.9 Å². The first kappa shape index (κ1) is 19.0. The summed E-state index contributed by atoms with van der Waals surface area (Å²) in [6.45, 7) is 1.86. The molecule has 1 aliphatic heterocycles. The van der Waals surface area contributed by atoms with Crippen molar-refractivity contribution in [3.63, 3.8) is 0 Å². The first-order chi connectivity index (χ1) is 14.2. The lowest BCUT2D eigenvalue weighted by Crippen LogP contribution is -2.47. The van der Waals surface area contributed by atoms with Gasteiger partial charge in [-0.2, -0.15) is 0 Å². The minimum atomic E-state index is -0.0581. The fourth-order valence-electron chi connectivity index (χ4n) is 3.81. The van der Waals surface area contributed by atoms with Crippen molar-refractivity contribution in [1.29, 1.82) is 0 Å². The van der Waals surface area contributed by atoms with E-state index in [0.29, 0.717) is 0 Å². The molecule has 2 amide bonds. The number of carbonyl (C=O) groups is 1. The molecular formula is C24H26N4O. The van der Waals surface area contributed by atoms with E-state index in [1.165, 1.54) is 5.56 Å². The predicted octanol–water partition coefficient (Wildman–Crippen LogP) is 4.88. The van der Waals surface area contributed by atoms with Gasteiger partial charge in [0, 0.05) is 38.1 Å². The monoisotopic (exact) mass is 386 g/mol. The fourth-order valence-corrected chi connectivity index (χ4v) is 3.81. The second-order valence-corrected chi connectivity index (χ2v) is 7.41. The number of piperidine rings is 1. The Morgan fingerprint density at radius 3 is 2.31 bits per heavy atom. The molecule has 1 N–H and O–H groups in total. The number of benzene rings is 2. The van der Waals surface area contributed by atoms with Crippen LogP contribution >= 0.6 is 0 Å². The molecule has 1 saturated heterocycles. The van der Waals surface area contributed by atoms with Crippen molar-refractivity contribution in [3.05, 3.63) is 79.1 Å². The number of rotatable bonds is 4. The van der Waals surface area contributed by atoms with Crippen LogP contribution in [-0.2, 0) is 0 Å². The van der Waals surface area contributed by atoms with Gasteiger partial charge in [-0.15, -0.1) is 0 Å². The minimum Gasteiger partial charge on any atom is -0.370 e. The summed E-state index contributed by atoms with van der Waals surface area (Å²) in [4.78, 5) is 21.1. The van der Waals surface area contributed by atoms with Crippen LogP contribution < -0.4 is 10.2 Å². The smallest absolute Gasteiger partial charge is 0.321 e. The molecule has 2 aromatic carbocycles. The Kier molecular flexibility index (Phi) is 5.75. The van der Waals surface area contributed by atoms with Crippen molar-refractivity contribution >= 4 is 17.4 Å². The van der Waals surface area contributed by atoms with Crippen LogP contribution in [0.1, 0.15) is 12.8 Å². The molecule has 0 unspecified atom stereocenters. The summed E-state index contributed by atoms with van der Waals surface area (Å²) in [5.41, 5.74) is 4.27. The predicted molar refractivity (Wildman–Crippen MR) is 118 cm³/mol. The Hall–Kier alpha value is -3.34. The number of anilines is 2. The zero-order valence-corrected chi connectivity index (χ0v) is 16.7. The van der Waals surface area contributed by atoms with Gasteiger partial charge in [0.2, 0.25) is 0 Å². The number of urea groups is 1. The third-order valence-corrected chi connectivity index (χ3v) is 5.59. The number of hydrogen-bond acceptors (Lipinski definition) is 3. The standard InChI is InChI=1S/C24H26N4O/c1-27(22-13-16-28(17-14-22)23-8-5-15-25-18-23)24(29)26-21-11-9-20(10-12-21)19-6-3-2-4-7-19/h2-12,15,18,22H,13-14,16-17H2,1H3,(H,26,29). The molecule has 5 nitrogen and oxygen atoms in total. The molecular weight excluding hydrogens is 360 g/mol. The van der Waals surface area contributed by atoms with Gasteiger partial charge in [0.1, 0.15) is 0 Å². The topological polar surface area (TPSA) is 48.5 Å². The summed E-state index contributed by atoms with van der Waals surface area (Å²) in [7, 11) is 1.89. The van der Waals surface area contributed by atoms with Gasteiger partial charge in [-0.3, -0.25) is 4.98 Å². The number of amides is 2. The van der Waals surface area contributed by atoms with Gasteiger partial charge in [0.05, 0.1) is 11.9 Å². The first-order valence-corrected chi connectivity index (χ1v) is 10.0. The zero-order chi connectivity index (χ0) is 20.1. The summed E-state index contributed by atoms with van der Waals surface area (Å²) in [5, 5.41) is 3.02. The van der Waals surface area contributed by atoms with Crippen LogP contribution in [0.4, 0.5) is 16.2 Å². The third-order valence-electron chi connectivity index (χ3n) is 5.59. The number of aromatic nitrogens is 1. The van der Waals surface area contributed by atoms with E-state index in [1.54, 1.807) is 6.20 Å². The van der Waals surface area contributed by atoms with Gasteiger partial charge >= 0.3 is 6.03 Å². The molecule has 0 spiro atoms. The highest BCUT2D eigenvalue weighted by Crippen LogP contribution is 2.23. The van der Waals surface area contributed by atoms with E-state index < -0.39 is 0 Å². The van der Waals surface area contributed by atoms with E-state index >= 15 is 0 Å². The molecule has 3 aromatic rings. The van der Waals surface area contributed by atoms with Crippen molar-refractivity contribution in [2.24, 2.45) is 0 Å². The van der Waals surface area contributed by atoms with Crippen LogP contribution in [-0.4, -0.2) is 42.1 Å². The van der Waals surface area contributed by atoms with Crippen molar-refractivity contribution in [2.75, 3.05) is 30.4 Å². The highest BCUT2D eigenvalue weighted by Gasteiger charge is 2.25. The molecule has 0 saturated carbocycles. The average molecular weight is 386 g/mol. The van der Waals surface area contributed by atoms with Crippen LogP contribution in [0.15, 0.2) is 79.1 Å². The Morgan fingerprint density at radius 1 is 0.966 bits per heavy atom. The molecule has 0 radical (unpaired) electrons. The van der Waals surface area contributed by atoms with E-state index in [4.69, 9.17) is 0 Å². The van der Waals surface area contributed by atoms with Crippen LogP contribution in [0.2, 0.25) is 0 Å². The fraction of sp³-hybridized carbons (Fsp3) is 0.250. The number of nitrogens with one attached hydrogen (secondary N) is 1. The zero-order valence-electron chi connectivity index (χ0n) is 16.7. The second kappa shape index (κ2) is 8.78. The maximum atomic E-state index is 12.7. The van der Waals surface area contributed by atoms with Gasteiger partial charge in [-0.25, -0.2) is 4.79 Å². The largest absolute Gasteiger partial charge is 0.370 e. The minimum absolute atomic E-state index is 0.0581. The molecule has 0 atom stereocenters. The Balaban J connectivity index is 1.32. The quantitative estimate of drug-likeness (QED) is 0.695. The van der Waals surface area contributed by atoms with Crippen LogP contribution in [0.3, 0.4) is 0 Å². The summed E-state index contributed by atoms with van der Waals surface area (Å²) < 4.78 is 0. The lowest BCUT2D eigenvalue weighted by molar-refractivity contribution is 0.193. The highest BCUT2D eigenvalue weighted by molar-refractivity contribution is 5.89. The van der Waals surface area contributed by atoms with E-state index in [2.05, 4.69) is 33.4 Å². The van der Waals surface area contributed by atoms with Gasteiger partial charge < -0.3 is 15.1 Å². The van der Waals surface area contributed by atoms with Crippen molar-refractivity contribution < 1.29 is 4.79 Å². The number of carbonyl (C=O) groups excluding carboxylic acids is 1. The molecule has 0 bridgehead atoms. The van der Waals surface area contributed by atoms with E-state index in [9.17, 15) is 4.79 Å². The normalized spacial score (nSPS) is 14.4. The molecule has 2 heterocycles. The Bertz CT molecular complexity index is 920. The summed E-state index contributed by atoms with van der Waals surface area (Å²) in [5.74, 6) is 0. The molecule has 148 valence electrons. The molecule has 5 heteroatoms. The maximum absolute atomic E-state index is 12.7. The van der Waals surface area contributed by atoms with Crippen molar-refractivity contribution in [3.8, 4) is 11.1 Å². The SMILES string of the molecule is CN(C(=O)Nc1ccc(-c2ccccc2)cc1)C1CCN(c2cccnc2)CC1. The highest BCUT2D eigenvalue weighted by atomic mass is 16.2. The number of pyridine rings is 1. The maximum Gasteiger partial charge on any atom is 0.321 e. The molecule has 29 heavy (non-hydrogen) atoms. The van der Waals surface area contributed by atoms with Gasteiger partial charge in [0.15, 0.2) is 0 Å². The summed E-state index contributed by atoms with van der Waals surface area (Å²) in [6, 6.07) is 22.5. The van der Waals surface area contributed by atoms with Crippen LogP contribution in [0.25, 0.3) is 11.1 Å². The molecule has 1 aliphatic rings. The Morgan fingerprint density at radius 2 is 1.66 bits per heavy atom. The van der Waals surface area contributed by atoms with Gasteiger partial charge in [-0.05, 0) is 48.2 Å². The van der Waals surface area contributed by atoms with Gasteiger partial charge in [-0.1, -0.05) is 42.5 Å². The van der Waals surface area contributed by atoms with E-state index in [1.807, 2.05) is 66.7 Å². The molecule has 1 aromatic heterocycles. The van der Waals surface area contributed by atoms with Crippen LogP contribution in [0.5, 0.6) is 0 Å². The summed E-state index contributed by atoms with van der Waals surface area (Å²) in [6.07, 6.45) is 5.59. The van der Waals surface area contributed by atoms with Crippen LogP contribution in [0, 0.1) is 0 Å². The van der Waals surface area contributed by atoms with Crippen molar-refractivity contribution in [2.45, 2.75) is 18.9 Å². The third kappa shape index (κ3) is 4.57. The molecule has 4 rings (SSSR count). The van der Waals surface area contributed by atoms with Gasteiger partial charge in [0.25, 0.3) is 0 Å². The average Bonchev–Trinajstić information content (AvgIpc) is 2.80. The Labute approximate surface area is 172 Å². The van der Waals surface area contributed by atoms with Crippen molar-refractivity contribution in [1.82, 2.24) is 9.88 Å². The number of hydrogen-bond donors (Lipinski definition) is 1. The number of nitrogens with zero attached hydrogens (tertiary/aromatic N) is 3. The first-order valence-electron chi connectivity index (χ1n) is 10.0. The summed E-state index contributed by atoms with van der Waals surface area (Å²) >= 11 is 0.